The highest BCUT2D eigenvalue weighted by molar-refractivity contribution is 4.87. The molecule has 0 aromatic heterocycles. The molecular formula is C45H98N4O9+4. The van der Waals surface area contributed by atoms with Gasteiger partial charge in [0, 0.05) is 58.5 Å². The summed E-state index contributed by atoms with van der Waals surface area (Å²) >= 11 is 0. The van der Waals surface area contributed by atoms with Crippen molar-refractivity contribution in [3.05, 3.63) is 0 Å². The lowest BCUT2D eigenvalue weighted by Crippen LogP contribution is -3.25. The second-order valence-corrected chi connectivity index (χ2v) is 24.2. The number of ether oxygens (including phenoxy) is 3. The minimum absolute atomic E-state index is 0.0150. The zero-order chi connectivity index (χ0) is 45.7. The number of rotatable bonds is 8. The van der Waals surface area contributed by atoms with Gasteiger partial charge in [-0.1, -0.05) is 13.8 Å². The first-order valence-corrected chi connectivity index (χ1v) is 22.2. The van der Waals surface area contributed by atoms with Crippen LogP contribution in [0.1, 0.15) is 183 Å². The van der Waals surface area contributed by atoms with E-state index in [-0.39, 0.29) is 69.7 Å². The second kappa shape index (κ2) is 20.8. The maximum atomic E-state index is 10.2. The summed E-state index contributed by atoms with van der Waals surface area (Å²) in [7, 11) is 1.56. The number of piperidine rings is 4. The van der Waals surface area contributed by atoms with Crippen LogP contribution in [0.4, 0.5) is 0 Å². The van der Waals surface area contributed by atoms with Crippen LogP contribution in [0.2, 0.25) is 0 Å². The highest BCUT2D eigenvalue weighted by atomic mass is 16.5. The van der Waals surface area contributed by atoms with Gasteiger partial charge in [0.1, 0.15) is 50.4 Å². The van der Waals surface area contributed by atoms with E-state index >= 15 is 0 Å². The third kappa shape index (κ3) is 16.3. The summed E-state index contributed by atoms with van der Waals surface area (Å²) in [5.41, 5.74) is -0.821. The molecule has 4 rings (SSSR count). The number of hydroxylamine groups is 8. The van der Waals surface area contributed by atoms with Gasteiger partial charge in [0.25, 0.3) is 0 Å². The molecule has 4 saturated heterocycles. The van der Waals surface area contributed by atoms with E-state index in [4.69, 9.17) is 14.2 Å². The molecule has 2 unspecified atom stereocenters. The molecular weight excluding hydrogens is 741 g/mol. The molecule has 58 heavy (non-hydrogen) atoms. The number of methoxy groups -OCH3 is 1. The summed E-state index contributed by atoms with van der Waals surface area (Å²) in [5.74, 6) is 1.46. The van der Waals surface area contributed by atoms with Crippen molar-refractivity contribution >= 4 is 0 Å². The molecule has 2 atom stereocenters. The summed E-state index contributed by atoms with van der Waals surface area (Å²) in [6.07, 6.45) is 6.82. The van der Waals surface area contributed by atoms with Crippen LogP contribution in [0.25, 0.3) is 0 Å². The number of quaternary nitrogens is 4. The maximum Gasteiger partial charge on any atom is 0.124 e. The molecule has 4 fully saturated rings. The molecule has 4 aliphatic rings. The van der Waals surface area contributed by atoms with E-state index in [2.05, 4.69) is 69.2 Å². The Bertz CT molecular complexity index is 1110. The largest absolute Gasteiger partial charge is 0.391 e. The topological polar surface area (TPSA) is 167 Å². The fraction of sp³-hybridized carbons (Fsp3) is 1.00. The van der Waals surface area contributed by atoms with Gasteiger partial charge < -0.3 is 24.4 Å². The third-order valence-electron chi connectivity index (χ3n) is 13.0. The molecule has 13 nitrogen and oxygen atoms in total. The van der Waals surface area contributed by atoms with E-state index in [1.165, 1.54) is 0 Å². The first-order valence-electron chi connectivity index (χ1n) is 22.2. The van der Waals surface area contributed by atoms with Crippen LogP contribution in [0.5, 0.6) is 0 Å². The van der Waals surface area contributed by atoms with Gasteiger partial charge in [-0.2, -0.15) is 20.3 Å². The molecule has 13 heteroatoms. The van der Waals surface area contributed by atoms with Crippen LogP contribution in [-0.4, -0.2) is 127 Å². The minimum Gasteiger partial charge on any atom is -0.391 e. The number of aliphatic hydroxyl groups is 2. The van der Waals surface area contributed by atoms with Gasteiger partial charge in [-0.15, -0.1) is 0 Å². The van der Waals surface area contributed by atoms with E-state index in [1.807, 2.05) is 55.4 Å². The van der Waals surface area contributed by atoms with Crippen LogP contribution >= 0.6 is 0 Å². The average molecular weight is 839 g/mol. The fourth-order valence-electron chi connectivity index (χ4n) is 11.5. The van der Waals surface area contributed by atoms with E-state index in [0.29, 0.717) is 26.9 Å². The summed E-state index contributed by atoms with van der Waals surface area (Å²) in [5, 5.41) is 61.7. The van der Waals surface area contributed by atoms with Gasteiger partial charge in [-0.3, -0.25) is 0 Å². The highest BCUT2D eigenvalue weighted by Crippen LogP contribution is 2.30. The molecule has 0 aromatic rings. The van der Waals surface area contributed by atoms with Gasteiger partial charge in [0.05, 0.1) is 38.1 Å². The predicted octanol–water partition coefficient (Wildman–Crippen LogP) is 2.88. The summed E-state index contributed by atoms with van der Waals surface area (Å²) in [6, 6.07) is 0. The SMILES string of the molecule is CC(O)COC1CC(C)(C)[NH+](O)C(C)(C)C1.CC1CC(C)(C)[NH+](O)C(C)(C)C1.CC1CC(C)(C)[NH+](O)C(C)(C)C1.COCC(O)COC1CC(C)(C)[NH+](O)C(C)(C)C1. The normalized spacial score (nSPS) is 35.9. The molecule has 4 heterocycles. The van der Waals surface area contributed by atoms with Crippen LogP contribution in [0.15, 0.2) is 0 Å². The lowest BCUT2D eigenvalue weighted by Gasteiger charge is -2.47. The predicted molar refractivity (Wildman–Crippen MR) is 228 cm³/mol. The smallest absolute Gasteiger partial charge is 0.124 e. The Morgan fingerprint density at radius 1 is 0.431 bits per heavy atom. The number of aliphatic hydroxyl groups excluding tert-OH is 2. The van der Waals surface area contributed by atoms with E-state index in [0.717, 1.165) is 63.2 Å². The molecule has 0 aliphatic carbocycles. The van der Waals surface area contributed by atoms with Crippen LogP contribution in [0.3, 0.4) is 0 Å². The van der Waals surface area contributed by atoms with Crippen molar-refractivity contribution in [2.24, 2.45) is 11.8 Å². The number of hydrogen-bond donors (Lipinski definition) is 10. The van der Waals surface area contributed by atoms with Crippen LogP contribution < -0.4 is 20.3 Å². The Balaban J connectivity index is 0.000000392. The molecule has 0 saturated carbocycles. The second-order valence-electron chi connectivity index (χ2n) is 24.2. The first-order chi connectivity index (χ1) is 25.8. The Kier molecular flexibility index (Phi) is 19.9. The molecule has 348 valence electrons. The first kappa shape index (κ1) is 55.5. The van der Waals surface area contributed by atoms with Crippen molar-refractivity contribution in [1.82, 2.24) is 0 Å². The van der Waals surface area contributed by atoms with Gasteiger partial charge in [-0.05, 0) is 130 Å². The fourth-order valence-corrected chi connectivity index (χ4v) is 11.5. The Hall–Kier alpha value is -0.520. The van der Waals surface area contributed by atoms with Crippen molar-refractivity contribution in [3.63, 3.8) is 0 Å². The third-order valence-corrected chi connectivity index (χ3v) is 13.0. The van der Waals surface area contributed by atoms with Gasteiger partial charge in [0.15, 0.2) is 0 Å². The van der Waals surface area contributed by atoms with Crippen molar-refractivity contribution in [1.29, 1.82) is 0 Å². The molecule has 0 bridgehead atoms. The molecule has 10 N–H and O–H groups in total. The minimum atomic E-state index is -0.583. The summed E-state index contributed by atoms with van der Waals surface area (Å²) in [6.45, 7) is 40.6. The maximum absolute atomic E-state index is 10.2. The van der Waals surface area contributed by atoms with Crippen molar-refractivity contribution < 1.29 is 65.5 Å². The lowest BCUT2D eigenvalue weighted by molar-refractivity contribution is -1.16. The zero-order valence-corrected chi connectivity index (χ0v) is 41.2. The molecule has 0 radical (unpaired) electrons. The lowest BCUT2D eigenvalue weighted by atomic mass is 9.76. The average Bonchev–Trinajstić information content (AvgIpc) is 3.02. The quantitative estimate of drug-likeness (QED) is 0.177. The number of nitrogens with one attached hydrogen (secondary N) is 4. The van der Waals surface area contributed by atoms with Crippen molar-refractivity contribution in [2.45, 2.75) is 252 Å². The van der Waals surface area contributed by atoms with Crippen molar-refractivity contribution in [2.75, 3.05) is 26.9 Å². The Labute approximate surface area is 355 Å². The molecule has 0 amide bonds. The van der Waals surface area contributed by atoms with Gasteiger partial charge in [-0.25, -0.2) is 20.8 Å². The number of hydrogen-bond acceptors (Lipinski definition) is 9. The van der Waals surface area contributed by atoms with Crippen LogP contribution in [0, 0.1) is 11.8 Å². The van der Waals surface area contributed by atoms with Gasteiger partial charge in [0.2, 0.25) is 0 Å². The Morgan fingerprint density at radius 3 is 0.879 bits per heavy atom. The standard InChI is InChI=1S/C13H27NO4.C12H25NO3.2C10H21NO/c1-12(2)6-11(7-13(3,4)14(12)16)18-9-10(15)8-17-5;1-9(14)8-16-10-6-11(2,3)13(15)12(4,5)7-10;2*1-8-6-9(2,3)11(12)10(4,5)7-8/h10-11,15-16H,6-9H2,1-5H3;9-10,14-15H,6-8H2,1-5H3;2*8,12H,6-7H2,1-5H3/p+4. The van der Waals surface area contributed by atoms with Crippen molar-refractivity contribution in [3.8, 4) is 0 Å². The highest BCUT2D eigenvalue weighted by Gasteiger charge is 2.52. The molecule has 0 aromatic carbocycles. The van der Waals surface area contributed by atoms with E-state index in [9.17, 15) is 31.0 Å². The monoisotopic (exact) mass is 839 g/mol. The van der Waals surface area contributed by atoms with E-state index in [1.54, 1.807) is 14.0 Å². The molecule has 4 aliphatic heterocycles. The zero-order valence-electron chi connectivity index (χ0n) is 41.2. The van der Waals surface area contributed by atoms with E-state index < -0.39 is 12.2 Å². The van der Waals surface area contributed by atoms with Crippen LogP contribution in [-0.2, 0) is 14.2 Å². The summed E-state index contributed by atoms with van der Waals surface area (Å²) < 4.78 is 16.3. The van der Waals surface area contributed by atoms with Gasteiger partial charge >= 0.3 is 0 Å². The Morgan fingerprint density at radius 2 is 0.655 bits per heavy atom. The molecule has 0 spiro atoms. The summed E-state index contributed by atoms with van der Waals surface area (Å²) in [4.78, 5) is 0.